The number of carbonyl (C=O) groups excluding carboxylic acids is 1. The third kappa shape index (κ3) is 4.89. The van der Waals surface area contributed by atoms with Gasteiger partial charge in [0.05, 0.1) is 12.5 Å². The van der Waals surface area contributed by atoms with Crippen LogP contribution in [0, 0.1) is 11.3 Å². The van der Waals surface area contributed by atoms with Crippen LogP contribution in [-0.4, -0.2) is 24.4 Å². The molecule has 3 heteroatoms. The van der Waals surface area contributed by atoms with Crippen LogP contribution in [0.3, 0.4) is 0 Å². The highest BCUT2D eigenvalue weighted by atomic mass is 16.2. The molecule has 106 valence electrons. The van der Waals surface area contributed by atoms with E-state index in [4.69, 9.17) is 5.26 Å². The van der Waals surface area contributed by atoms with E-state index < -0.39 is 0 Å². The fourth-order valence-electron chi connectivity index (χ4n) is 1.72. The number of hydrogen-bond donors (Lipinski definition) is 0. The Hall–Kier alpha value is -2.08. The lowest BCUT2D eigenvalue weighted by Gasteiger charge is -2.18. The van der Waals surface area contributed by atoms with Gasteiger partial charge in [-0.1, -0.05) is 45.0 Å². The second kappa shape index (κ2) is 6.91. The van der Waals surface area contributed by atoms with Gasteiger partial charge in [-0.3, -0.25) is 4.79 Å². The molecule has 0 aromatic heterocycles. The first-order valence-corrected chi connectivity index (χ1v) is 6.75. The number of amides is 1. The molecule has 0 bridgehead atoms. The van der Waals surface area contributed by atoms with Crippen LogP contribution >= 0.6 is 0 Å². The standard InChI is InChI=1S/C17H22N2O/c1-17(2,3)15-9-6-14(7-10-15)8-11-16(20)19(4)13-5-12-18/h6-11H,5,13H2,1-4H3. The highest BCUT2D eigenvalue weighted by Gasteiger charge is 2.12. The predicted molar refractivity (Wildman–Crippen MR) is 82.0 cm³/mol. The Kier molecular flexibility index (Phi) is 5.52. The second-order valence-electron chi connectivity index (χ2n) is 5.87. The molecule has 0 radical (unpaired) electrons. The van der Waals surface area contributed by atoms with Crippen LogP contribution in [0.5, 0.6) is 0 Å². The number of benzene rings is 1. The van der Waals surface area contributed by atoms with Gasteiger partial charge in [-0.15, -0.1) is 0 Å². The van der Waals surface area contributed by atoms with E-state index in [1.165, 1.54) is 5.56 Å². The summed E-state index contributed by atoms with van der Waals surface area (Å²) in [6.45, 7) is 6.98. The van der Waals surface area contributed by atoms with Crippen LogP contribution in [0.2, 0.25) is 0 Å². The van der Waals surface area contributed by atoms with Crippen LogP contribution in [0.25, 0.3) is 6.08 Å². The summed E-state index contributed by atoms with van der Waals surface area (Å²) < 4.78 is 0. The molecule has 1 aromatic rings. The Morgan fingerprint density at radius 2 is 1.90 bits per heavy atom. The maximum absolute atomic E-state index is 11.8. The zero-order valence-electron chi connectivity index (χ0n) is 12.7. The van der Waals surface area contributed by atoms with Crippen molar-refractivity contribution >= 4 is 12.0 Å². The number of nitrogens with zero attached hydrogens (tertiary/aromatic N) is 2. The molecule has 0 aliphatic rings. The van der Waals surface area contributed by atoms with Crippen molar-refractivity contribution in [1.82, 2.24) is 4.90 Å². The van der Waals surface area contributed by atoms with Crippen molar-refractivity contribution in [2.75, 3.05) is 13.6 Å². The molecule has 0 saturated heterocycles. The topological polar surface area (TPSA) is 44.1 Å². The molecule has 1 amide bonds. The minimum absolute atomic E-state index is 0.0832. The molecule has 0 unspecified atom stereocenters. The van der Waals surface area contributed by atoms with Crippen molar-refractivity contribution in [3.8, 4) is 6.07 Å². The Morgan fingerprint density at radius 1 is 1.30 bits per heavy atom. The third-order valence-electron chi connectivity index (χ3n) is 3.13. The molecule has 0 aliphatic heterocycles. The minimum Gasteiger partial charge on any atom is -0.341 e. The van der Waals surface area contributed by atoms with E-state index in [1.54, 1.807) is 24.1 Å². The van der Waals surface area contributed by atoms with Gasteiger partial charge in [0.1, 0.15) is 0 Å². The summed E-state index contributed by atoms with van der Waals surface area (Å²) in [6.07, 6.45) is 3.71. The highest BCUT2D eigenvalue weighted by Crippen LogP contribution is 2.22. The van der Waals surface area contributed by atoms with E-state index in [0.717, 1.165) is 5.56 Å². The summed E-state index contributed by atoms with van der Waals surface area (Å²) in [6, 6.07) is 10.2. The van der Waals surface area contributed by atoms with Gasteiger partial charge in [-0.05, 0) is 22.6 Å². The fraction of sp³-hybridized carbons (Fsp3) is 0.412. The fourth-order valence-corrected chi connectivity index (χ4v) is 1.72. The molecule has 0 spiro atoms. The lowest BCUT2D eigenvalue weighted by Crippen LogP contribution is -2.25. The normalized spacial score (nSPS) is 11.3. The number of rotatable bonds is 4. The average Bonchev–Trinajstić information content (AvgIpc) is 2.41. The van der Waals surface area contributed by atoms with Gasteiger partial charge in [-0.2, -0.15) is 5.26 Å². The predicted octanol–water partition coefficient (Wildman–Crippen LogP) is 3.37. The summed E-state index contributed by atoms with van der Waals surface area (Å²) >= 11 is 0. The quantitative estimate of drug-likeness (QED) is 0.787. The number of hydrogen-bond acceptors (Lipinski definition) is 2. The molecule has 0 heterocycles. The van der Waals surface area contributed by atoms with Gasteiger partial charge < -0.3 is 4.90 Å². The van der Waals surface area contributed by atoms with Crippen LogP contribution in [-0.2, 0) is 10.2 Å². The van der Waals surface area contributed by atoms with Crippen molar-refractivity contribution in [1.29, 1.82) is 5.26 Å². The van der Waals surface area contributed by atoms with E-state index in [-0.39, 0.29) is 11.3 Å². The minimum atomic E-state index is -0.0832. The smallest absolute Gasteiger partial charge is 0.246 e. The summed E-state index contributed by atoms with van der Waals surface area (Å²) in [5, 5.41) is 8.49. The van der Waals surface area contributed by atoms with Crippen molar-refractivity contribution in [3.63, 3.8) is 0 Å². The first-order valence-electron chi connectivity index (χ1n) is 6.75. The monoisotopic (exact) mass is 270 g/mol. The van der Waals surface area contributed by atoms with Crippen LogP contribution in [0.15, 0.2) is 30.3 Å². The van der Waals surface area contributed by atoms with Crippen molar-refractivity contribution in [2.45, 2.75) is 32.6 Å². The average molecular weight is 270 g/mol. The molecule has 1 rings (SSSR count). The largest absolute Gasteiger partial charge is 0.341 e. The summed E-state index contributed by atoms with van der Waals surface area (Å²) in [5.41, 5.74) is 2.41. The zero-order chi connectivity index (χ0) is 15.2. The van der Waals surface area contributed by atoms with Crippen molar-refractivity contribution in [2.24, 2.45) is 0 Å². The molecule has 3 nitrogen and oxygen atoms in total. The Balaban J connectivity index is 2.67. The Morgan fingerprint density at radius 3 is 2.40 bits per heavy atom. The maximum atomic E-state index is 11.8. The van der Waals surface area contributed by atoms with Crippen LogP contribution in [0.1, 0.15) is 38.3 Å². The first kappa shape index (κ1) is 16.0. The third-order valence-corrected chi connectivity index (χ3v) is 3.13. The van der Waals surface area contributed by atoms with Crippen molar-refractivity contribution < 1.29 is 4.79 Å². The van der Waals surface area contributed by atoms with Crippen molar-refractivity contribution in [3.05, 3.63) is 41.5 Å². The summed E-state index contributed by atoms with van der Waals surface area (Å²) in [5.74, 6) is -0.0832. The Bertz CT molecular complexity index is 515. The van der Waals surface area contributed by atoms with Gasteiger partial charge in [0.2, 0.25) is 5.91 Å². The summed E-state index contributed by atoms with van der Waals surface area (Å²) in [4.78, 5) is 13.3. The van der Waals surface area contributed by atoms with Gasteiger partial charge in [-0.25, -0.2) is 0 Å². The maximum Gasteiger partial charge on any atom is 0.246 e. The van der Waals surface area contributed by atoms with E-state index in [9.17, 15) is 4.79 Å². The molecule has 0 fully saturated rings. The lowest BCUT2D eigenvalue weighted by molar-refractivity contribution is -0.124. The Labute approximate surface area is 121 Å². The zero-order valence-corrected chi connectivity index (χ0v) is 12.7. The van der Waals surface area contributed by atoms with Crippen LogP contribution in [0.4, 0.5) is 0 Å². The van der Waals surface area contributed by atoms with Crippen LogP contribution < -0.4 is 0 Å². The first-order chi connectivity index (χ1) is 9.34. The summed E-state index contributed by atoms with van der Waals surface area (Å²) in [7, 11) is 1.70. The molecule has 20 heavy (non-hydrogen) atoms. The molecule has 0 N–H and O–H groups in total. The lowest BCUT2D eigenvalue weighted by atomic mass is 9.87. The molecule has 0 saturated carbocycles. The highest BCUT2D eigenvalue weighted by molar-refractivity contribution is 5.91. The van der Waals surface area contributed by atoms with Gasteiger partial charge in [0.15, 0.2) is 0 Å². The van der Waals surface area contributed by atoms with E-state index in [2.05, 4.69) is 32.9 Å². The molecule has 1 aromatic carbocycles. The van der Waals surface area contributed by atoms with Gasteiger partial charge in [0, 0.05) is 19.7 Å². The molecular formula is C17H22N2O. The van der Waals surface area contributed by atoms with E-state index in [1.807, 2.05) is 18.2 Å². The van der Waals surface area contributed by atoms with E-state index in [0.29, 0.717) is 13.0 Å². The molecule has 0 atom stereocenters. The molecule has 0 aliphatic carbocycles. The SMILES string of the molecule is CN(CCC#N)C(=O)C=Cc1ccc(C(C)(C)C)cc1. The second-order valence-corrected chi connectivity index (χ2v) is 5.87. The number of nitriles is 1. The number of likely N-dealkylation sites (N-methyl/N-ethyl adjacent to an activating group) is 1. The van der Waals surface area contributed by atoms with Gasteiger partial charge >= 0.3 is 0 Å². The van der Waals surface area contributed by atoms with E-state index >= 15 is 0 Å². The van der Waals surface area contributed by atoms with Gasteiger partial charge in [0.25, 0.3) is 0 Å². The molecular weight excluding hydrogens is 248 g/mol. The number of carbonyl (C=O) groups is 1.